The smallest absolute Gasteiger partial charge is 0.245 e. The molecule has 4 N–H and O–H groups in total. The maximum atomic E-state index is 12.7. The molecule has 2 saturated carbocycles. The molecule has 25 heavy (non-hydrogen) atoms. The first kappa shape index (κ1) is 17.8. The number of ether oxygens (including phenoxy) is 1. The molecule has 2 atom stereocenters. The summed E-state index contributed by atoms with van der Waals surface area (Å²) in [6, 6.07) is 3.39. The van der Waals surface area contributed by atoms with Crippen LogP contribution in [0.3, 0.4) is 0 Å². The third-order valence-corrected chi connectivity index (χ3v) is 5.46. The molecule has 0 aromatic carbocycles. The van der Waals surface area contributed by atoms with E-state index in [-0.39, 0.29) is 23.8 Å². The van der Waals surface area contributed by atoms with Gasteiger partial charge in [-0.1, -0.05) is 13.8 Å². The van der Waals surface area contributed by atoms with E-state index >= 15 is 0 Å². The van der Waals surface area contributed by atoms with Crippen molar-refractivity contribution >= 4 is 23.3 Å². The minimum Gasteiger partial charge on any atom is -0.378 e. The molecule has 2 fully saturated rings. The number of carbonyl (C=O) groups is 2. The van der Waals surface area contributed by atoms with Crippen molar-refractivity contribution in [3.05, 3.63) is 18.3 Å². The topological polar surface area (TPSA) is 106 Å². The lowest BCUT2D eigenvalue weighted by Crippen LogP contribution is -2.74. The fourth-order valence-corrected chi connectivity index (χ4v) is 3.18. The Kier molecular flexibility index (Phi) is 4.55. The Morgan fingerprint density at radius 2 is 2.04 bits per heavy atom. The van der Waals surface area contributed by atoms with Gasteiger partial charge in [-0.2, -0.15) is 0 Å². The number of pyridine rings is 1. The van der Waals surface area contributed by atoms with Gasteiger partial charge >= 0.3 is 0 Å². The van der Waals surface area contributed by atoms with Gasteiger partial charge in [0, 0.05) is 24.4 Å². The van der Waals surface area contributed by atoms with Gasteiger partial charge < -0.3 is 21.1 Å². The number of hydrogen-bond acceptors (Lipinski definition) is 5. The highest BCUT2D eigenvalue weighted by atomic mass is 16.5. The molecule has 2 aliphatic rings. The molecule has 7 nitrogen and oxygen atoms in total. The Bertz CT molecular complexity index is 669. The highest BCUT2D eigenvalue weighted by Crippen LogP contribution is 2.50. The average molecular weight is 346 g/mol. The molecule has 0 saturated heterocycles. The number of aromatic nitrogens is 1. The molecule has 1 aromatic heterocycles. The molecule has 136 valence electrons. The third-order valence-electron chi connectivity index (χ3n) is 5.46. The van der Waals surface area contributed by atoms with Gasteiger partial charge in [0.1, 0.15) is 11.4 Å². The molecule has 3 rings (SSSR count). The quantitative estimate of drug-likeness (QED) is 0.729. The van der Waals surface area contributed by atoms with E-state index in [0.717, 1.165) is 12.8 Å². The summed E-state index contributed by atoms with van der Waals surface area (Å²) >= 11 is 0. The van der Waals surface area contributed by atoms with E-state index in [1.807, 2.05) is 20.8 Å². The number of nitrogens with zero attached hydrogens (tertiary/aromatic N) is 1. The van der Waals surface area contributed by atoms with Crippen molar-refractivity contribution in [2.45, 2.75) is 51.7 Å². The summed E-state index contributed by atoms with van der Waals surface area (Å²) < 4.78 is 5.65. The Morgan fingerprint density at radius 3 is 2.56 bits per heavy atom. The van der Waals surface area contributed by atoms with Crippen molar-refractivity contribution < 1.29 is 14.3 Å². The zero-order chi connectivity index (χ0) is 18.2. The molecule has 0 bridgehead atoms. The lowest BCUT2D eigenvalue weighted by atomic mass is 9.54. The van der Waals surface area contributed by atoms with E-state index in [9.17, 15) is 9.59 Å². The summed E-state index contributed by atoms with van der Waals surface area (Å²) in [5.74, 6) is 0.364. The van der Waals surface area contributed by atoms with E-state index in [2.05, 4.69) is 15.6 Å². The number of amides is 2. The Hall–Kier alpha value is -1.99. The van der Waals surface area contributed by atoms with Crippen molar-refractivity contribution in [1.29, 1.82) is 0 Å². The lowest BCUT2D eigenvalue weighted by Gasteiger charge is -2.57. The molecule has 0 aliphatic heterocycles. The molecule has 7 heteroatoms. The first-order chi connectivity index (χ1) is 11.8. The Morgan fingerprint density at radius 1 is 1.32 bits per heavy atom. The molecule has 0 spiro atoms. The van der Waals surface area contributed by atoms with Crippen molar-refractivity contribution in [1.82, 2.24) is 4.98 Å². The van der Waals surface area contributed by atoms with Crippen LogP contribution in [0.2, 0.25) is 0 Å². The number of anilines is 2. The Balaban J connectivity index is 1.60. The van der Waals surface area contributed by atoms with Crippen LogP contribution < -0.4 is 16.4 Å². The lowest BCUT2D eigenvalue weighted by molar-refractivity contribution is -0.166. The average Bonchev–Trinajstić information content (AvgIpc) is 3.41. The molecule has 2 unspecified atom stereocenters. The molecular formula is C18H26N4O3. The van der Waals surface area contributed by atoms with Crippen LogP contribution in [-0.4, -0.2) is 35.0 Å². The SMILES string of the molecule is CCOC1CC(N)(C(=O)Nc2ccc(NC(=O)C3CC3)nc2)C1(C)C. The molecule has 1 heterocycles. The maximum Gasteiger partial charge on any atom is 0.245 e. The summed E-state index contributed by atoms with van der Waals surface area (Å²) in [5.41, 5.74) is 5.48. The number of nitrogens with one attached hydrogen (secondary N) is 2. The van der Waals surface area contributed by atoms with Gasteiger partial charge in [-0.3, -0.25) is 9.59 Å². The van der Waals surface area contributed by atoms with Gasteiger partial charge in [0.2, 0.25) is 11.8 Å². The van der Waals surface area contributed by atoms with Gasteiger partial charge in [0.05, 0.1) is 18.0 Å². The second kappa shape index (κ2) is 6.38. The van der Waals surface area contributed by atoms with Crippen LogP contribution in [0, 0.1) is 11.3 Å². The van der Waals surface area contributed by atoms with E-state index < -0.39 is 11.0 Å². The van der Waals surface area contributed by atoms with E-state index in [4.69, 9.17) is 10.5 Å². The Labute approximate surface area is 147 Å². The second-order valence-electron chi connectivity index (χ2n) is 7.49. The zero-order valence-electron chi connectivity index (χ0n) is 15.0. The van der Waals surface area contributed by atoms with Crippen LogP contribution in [0.4, 0.5) is 11.5 Å². The molecule has 1 aromatic rings. The number of nitrogens with two attached hydrogens (primary N) is 1. The fourth-order valence-electron chi connectivity index (χ4n) is 3.18. The van der Waals surface area contributed by atoms with Gasteiger partial charge in [0.25, 0.3) is 0 Å². The monoisotopic (exact) mass is 346 g/mol. The standard InChI is InChI=1S/C18H26N4O3/c1-4-25-13-9-18(19,17(13,2)3)16(24)21-12-7-8-14(20-10-12)22-15(23)11-5-6-11/h7-8,10-11,13H,4-6,9,19H2,1-3H3,(H,21,24)(H,20,22,23). The zero-order valence-corrected chi connectivity index (χ0v) is 15.0. The van der Waals surface area contributed by atoms with Crippen LogP contribution in [0.25, 0.3) is 0 Å². The fraction of sp³-hybridized carbons (Fsp3) is 0.611. The third kappa shape index (κ3) is 3.26. The van der Waals surface area contributed by atoms with Crippen LogP contribution in [0.5, 0.6) is 0 Å². The van der Waals surface area contributed by atoms with Crippen molar-refractivity contribution in [3.8, 4) is 0 Å². The van der Waals surface area contributed by atoms with Gasteiger partial charge in [-0.15, -0.1) is 0 Å². The summed E-state index contributed by atoms with van der Waals surface area (Å²) in [6.45, 7) is 6.43. The summed E-state index contributed by atoms with van der Waals surface area (Å²) in [5, 5.41) is 5.59. The number of carbonyl (C=O) groups excluding carboxylic acids is 2. The van der Waals surface area contributed by atoms with E-state index in [1.165, 1.54) is 6.20 Å². The number of hydrogen-bond donors (Lipinski definition) is 3. The second-order valence-corrected chi connectivity index (χ2v) is 7.49. The van der Waals surface area contributed by atoms with Crippen LogP contribution in [0.1, 0.15) is 40.0 Å². The van der Waals surface area contributed by atoms with Gasteiger partial charge in [0.15, 0.2) is 0 Å². The van der Waals surface area contributed by atoms with E-state index in [0.29, 0.717) is 24.5 Å². The largest absolute Gasteiger partial charge is 0.378 e. The molecule has 2 amide bonds. The highest BCUT2D eigenvalue weighted by molar-refractivity contribution is 6.00. The van der Waals surface area contributed by atoms with Crippen LogP contribution in [0.15, 0.2) is 18.3 Å². The van der Waals surface area contributed by atoms with Crippen molar-refractivity contribution in [3.63, 3.8) is 0 Å². The normalized spacial score (nSPS) is 27.3. The van der Waals surface area contributed by atoms with Crippen molar-refractivity contribution in [2.24, 2.45) is 17.1 Å². The summed E-state index contributed by atoms with van der Waals surface area (Å²) in [7, 11) is 0. The number of rotatable bonds is 6. The van der Waals surface area contributed by atoms with Gasteiger partial charge in [-0.05, 0) is 31.9 Å². The predicted molar refractivity (Wildman–Crippen MR) is 95.0 cm³/mol. The molecule has 2 aliphatic carbocycles. The van der Waals surface area contributed by atoms with Crippen LogP contribution >= 0.6 is 0 Å². The summed E-state index contributed by atoms with van der Waals surface area (Å²) in [6.07, 6.45) is 3.87. The maximum absolute atomic E-state index is 12.7. The summed E-state index contributed by atoms with van der Waals surface area (Å²) in [4.78, 5) is 28.6. The molecular weight excluding hydrogens is 320 g/mol. The minimum absolute atomic E-state index is 0.00313. The minimum atomic E-state index is -0.980. The first-order valence-electron chi connectivity index (χ1n) is 8.77. The van der Waals surface area contributed by atoms with Gasteiger partial charge in [-0.25, -0.2) is 4.98 Å². The van der Waals surface area contributed by atoms with Crippen molar-refractivity contribution in [2.75, 3.05) is 17.2 Å². The highest BCUT2D eigenvalue weighted by Gasteiger charge is 2.62. The van der Waals surface area contributed by atoms with Crippen LogP contribution in [-0.2, 0) is 14.3 Å². The first-order valence-corrected chi connectivity index (χ1v) is 8.77. The molecule has 0 radical (unpaired) electrons. The van der Waals surface area contributed by atoms with E-state index in [1.54, 1.807) is 12.1 Å². The predicted octanol–water partition coefficient (Wildman–Crippen LogP) is 1.90.